The third kappa shape index (κ3) is 2.74. The number of nitrogens with two attached hydrogens (primary N) is 1. The van der Waals surface area contributed by atoms with Crippen molar-refractivity contribution in [2.24, 2.45) is 0 Å². The smallest absolute Gasteiger partial charge is 0.0314 e. The van der Waals surface area contributed by atoms with Gasteiger partial charge in [-0.1, -0.05) is 12.1 Å². The highest BCUT2D eigenvalue weighted by molar-refractivity contribution is 5.39. The molecule has 0 spiro atoms. The summed E-state index contributed by atoms with van der Waals surface area (Å²) in [6.07, 6.45) is 0. The van der Waals surface area contributed by atoms with E-state index in [4.69, 9.17) is 5.73 Å². The molecule has 0 saturated carbocycles. The summed E-state index contributed by atoms with van der Waals surface area (Å²) in [6, 6.07) is 9.39. The van der Waals surface area contributed by atoms with Gasteiger partial charge in [0.25, 0.3) is 0 Å². The summed E-state index contributed by atoms with van der Waals surface area (Å²) in [5.41, 5.74) is 7.87. The Kier molecular flexibility index (Phi) is 3.46. The summed E-state index contributed by atoms with van der Waals surface area (Å²) in [6.45, 7) is 7.73. The van der Waals surface area contributed by atoms with Crippen molar-refractivity contribution in [2.75, 3.05) is 18.8 Å². The predicted octanol–water partition coefficient (Wildman–Crippen LogP) is 1.45. The Labute approximate surface area is 97.6 Å². The first-order valence-corrected chi connectivity index (χ1v) is 5.97. The SMILES string of the molecule is C[C@@H]1CN[C@@H](C)CN1Cc1ccc(N)cc1. The topological polar surface area (TPSA) is 41.3 Å². The first-order valence-electron chi connectivity index (χ1n) is 5.97. The molecule has 1 aromatic carbocycles. The summed E-state index contributed by atoms with van der Waals surface area (Å²) < 4.78 is 0. The molecule has 0 radical (unpaired) electrons. The first-order chi connectivity index (χ1) is 7.65. The van der Waals surface area contributed by atoms with Crippen LogP contribution in [0.5, 0.6) is 0 Å². The van der Waals surface area contributed by atoms with E-state index >= 15 is 0 Å². The maximum atomic E-state index is 5.69. The van der Waals surface area contributed by atoms with Gasteiger partial charge in [-0.15, -0.1) is 0 Å². The number of hydrogen-bond acceptors (Lipinski definition) is 3. The fourth-order valence-electron chi connectivity index (χ4n) is 2.18. The molecule has 0 bridgehead atoms. The molecule has 2 rings (SSSR count). The van der Waals surface area contributed by atoms with E-state index in [1.807, 2.05) is 12.1 Å². The molecular formula is C13H21N3. The van der Waals surface area contributed by atoms with E-state index in [2.05, 4.69) is 36.2 Å². The first kappa shape index (κ1) is 11.4. The van der Waals surface area contributed by atoms with Crippen molar-refractivity contribution in [3.05, 3.63) is 29.8 Å². The second-order valence-corrected chi connectivity index (χ2v) is 4.83. The van der Waals surface area contributed by atoms with E-state index in [9.17, 15) is 0 Å². The third-order valence-electron chi connectivity index (χ3n) is 3.26. The molecule has 1 aliphatic rings. The number of anilines is 1. The van der Waals surface area contributed by atoms with Crippen LogP contribution in [0.3, 0.4) is 0 Å². The van der Waals surface area contributed by atoms with E-state index < -0.39 is 0 Å². The number of piperazine rings is 1. The van der Waals surface area contributed by atoms with Crippen LogP contribution in [0, 0.1) is 0 Å². The summed E-state index contributed by atoms with van der Waals surface area (Å²) >= 11 is 0. The maximum absolute atomic E-state index is 5.69. The third-order valence-corrected chi connectivity index (χ3v) is 3.26. The number of nitrogens with zero attached hydrogens (tertiary/aromatic N) is 1. The van der Waals surface area contributed by atoms with Crippen LogP contribution < -0.4 is 11.1 Å². The van der Waals surface area contributed by atoms with Crippen LogP contribution in [0.4, 0.5) is 5.69 Å². The van der Waals surface area contributed by atoms with E-state index in [0.29, 0.717) is 12.1 Å². The van der Waals surface area contributed by atoms with Crippen molar-refractivity contribution in [2.45, 2.75) is 32.5 Å². The van der Waals surface area contributed by atoms with Gasteiger partial charge in [0.1, 0.15) is 0 Å². The lowest BCUT2D eigenvalue weighted by Gasteiger charge is -2.37. The number of nitrogen functional groups attached to an aromatic ring is 1. The van der Waals surface area contributed by atoms with Gasteiger partial charge in [-0.05, 0) is 31.5 Å². The Balaban J connectivity index is 2.00. The molecule has 1 fully saturated rings. The van der Waals surface area contributed by atoms with Gasteiger partial charge in [-0.2, -0.15) is 0 Å². The highest BCUT2D eigenvalue weighted by atomic mass is 15.2. The van der Waals surface area contributed by atoms with Crippen LogP contribution in [0.25, 0.3) is 0 Å². The van der Waals surface area contributed by atoms with Crippen molar-refractivity contribution in [3.63, 3.8) is 0 Å². The normalized spacial score (nSPS) is 26.9. The molecule has 0 unspecified atom stereocenters. The van der Waals surface area contributed by atoms with Crippen LogP contribution in [-0.2, 0) is 6.54 Å². The van der Waals surface area contributed by atoms with Gasteiger partial charge in [-0.25, -0.2) is 0 Å². The van der Waals surface area contributed by atoms with Gasteiger partial charge in [0.05, 0.1) is 0 Å². The monoisotopic (exact) mass is 219 g/mol. The molecule has 0 amide bonds. The molecule has 2 atom stereocenters. The highest BCUT2D eigenvalue weighted by Crippen LogP contribution is 2.13. The molecule has 1 heterocycles. The van der Waals surface area contributed by atoms with E-state index in [0.717, 1.165) is 25.3 Å². The molecule has 88 valence electrons. The minimum absolute atomic E-state index is 0.588. The van der Waals surface area contributed by atoms with Gasteiger partial charge in [0.2, 0.25) is 0 Å². The van der Waals surface area contributed by atoms with Crippen LogP contribution in [0.1, 0.15) is 19.4 Å². The Morgan fingerprint density at radius 3 is 2.69 bits per heavy atom. The van der Waals surface area contributed by atoms with Gasteiger partial charge in [-0.3, -0.25) is 4.90 Å². The standard InChI is InChI=1S/C13H21N3/c1-10-8-16(11(2)7-15-10)9-12-3-5-13(14)6-4-12/h3-6,10-11,15H,7-9,14H2,1-2H3/t10-,11+/m0/s1. The van der Waals surface area contributed by atoms with E-state index in [1.54, 1.807) is 0 Å². The number of nitrogens with one attached hydrogen (secondary N) is 1. The highest BCUT2D eigenvalue weighted by Gasteiger charge is 2.21. The average Bonchev–Trinajstić information content (AvgIpc) is 2.27. The van der Waals surface area contributed by atoms with Crippen LogP contribution in [-0.4, -0.2) is 30.1 Å². The zero-order chi connectivity index (χ0) is 11.5. The molecular weight excluding hydrogens is 198 g/mol. The second kappa shape index (κ2) is 4.85. The molecule has 0 aromatic heterocycles. The minimum Gasteiger partial charge on any atom is -0.399 e. The van der Waals surface area contributed by atoms with E-state index in [-0.39, 0.29) is 0 Å². The minimum atomic E-state index is 0.588. The van der Waals surface area contributed by atoms with Crippen molar-refractivity contribution >= 4 is 5.69 Å². The van der Waals surface area contributed by atoms with Crippen molar-refractivity contribution in [3.8, 4) is 0 Å². The zero-order valence-electron chi connectivity index (χ0n) is 10.1. The van der Waals surface area contributed by atoms with Gasteiger partial charge in [0.15, 0.2) is 0 Å². The molecule has 1 aliphatic heterocycles. The van der Waals surface area contributed by atoms with Gasteiger partial charge in [0, 0.05) is 37.4 Å². The van der Waals surface area contributed by atoms with E-state index in [1.165, 1.54) is 5.56 Å². The summed E-state index contributed by atoms with van der Waals surface area (Å²) in [7, 11) is 0. The second-order valence-electron chi connectivity index (χ2n) is 4.83. The van der Waals surface area contributed by atoms with Crippen LogP contribution in [0.2, 0.25) is 0 Å². The fourth-order valence-corrected chi connectivity index (χ4v) is 2.18. The number of benzene rings is 1. The molecule has 3 N–H and O–H groups in total. The Hall–Kier alpha value is -1.06. The van der Waals surface area contributed by atoms with Crippen LogP contribution in [0.15, 0.2) is 24.3 Å². The fraction of sp³-hybridized carbons (Fsp3) is 0.538. The average molecular weight is 219 g/mol. The molecule has 16 heavy (non-hydrogen) atoms. The number of rotatable bonds is 2. The Morgan fingerprint density at radius 2 is 2.00 bits per heavy atom. The zero-order valence-corrected chi connectivity index (χ0v) is 10.1. The molecule has 3 heteroatoms. The van der Waals surface area contributed by atoms with Crippen LogP contribution >= 0.6 is 0 Å². The number of hydrogen-bond donors (Lipinski definition) is 2. The summed E-state index contributed by atoms with van der Waals surface area (Å²) in [5, 5.41) is 3.49. The predicted molar refractivity (Wildman–Crippen MR) is 68.2 cm³/mol. The quantitative estimate of drug-likeness (QED) is 0.740. The lowest BCUT2D eigenvalue weighted by molar-refractivity contribution is 0.139. The van der Waals surface area contributed by atoms with Crippen molar-refractivity contribution in [1.82, 2.24) is 10.2 Å². The molecule has 3 nitrogen and oxygen atoms in total. The Morgan fingerprint density at radius 1 is 1.31 bits per heavy atom. The largest absolute Gasteiger partial charge is 0.399 e. The molecule has 1 saturated heterocycles. The van der Waals surface area contributed by atoms with Crippen molar-refractivity contribution in [1.29, 1.82) is 0 Å². The van der Waals surface area contributed by atoms with Gasteiger partial charge >= 0.3 is 0 Å². The Bertz CT molecular complexity index is 334. The molecule has 1 aromatic rings. The summed E-state index contributed by atoms with van der Waals surface area (Å²) in [5.74, 6) is 0. The van der Waals surface area contributed by atoms with Gasteiger partial charge < -0.3 is 11.1 Å². The lowest BCUT2D eigenvalue weighted by atomic mass is 10.1. The molecule has 0 aliphatic carbocycles. The summed E-state index contributed by atoms with van der Waals surface area (Å²) in [4.78, 5) is 2.52. The maximum Gasteiger partial charge on any atom is 0.0314 e. The lowest BCUT2D eigenvalue weighted by Crippen LogP contribution is -2.53. The van der Waals surface area contributed by atoms with Crippen molar-refractivity contribution < 1.29 is 0 Å².